The molecule has 0 aliphatic rings. The molecule has 0 saturated carbocycles. The summed E-state index contributed by atoms with van der Waals surface area (Å²) < 4.78 is 2.07. The van der Waals surface area contributed by atoms with Crippen LogP contribution in [0.15, 0.2) is 29.4 Å². The molecule has 2 aromatic rings. The third-order valence-electron chi connectivity index (χ3n) is 2.25. The van der Waals surface area contributed by atoms with Crippen molar-refractivity contribution in [1.82, 2.24) is 14.9 Å². The van der Waals surface area contributed by atoms with Crippen molar-refractivity contribution in [2.45, 2.75) is 13.3 Å². The lowest BCUT2D eigenvalue weighted by atomic mass is 10.2. The summed E-state index contributed by atoms with van der Waals surface area (Å²) in [5.74, 6) is 0.790. The van der Waals surface area contributed by atoms with Crippen molar-refractivity contribution in [3.8, 4) is 0 Å². The Morgan fingerprint density at radius 1 is 1.53 bits per heavy atom. The number of aromatic nitrogens is 3. The first kappa shape index (κ1) is 12.0. The standard InChI is InChI=1S/C11H11ClN4S/c1-2-10-14-15-11(17)16(10)13-7-8-5-3-4-6-9(8)12/h3-7H,2H2,1H3,(H,15,17)/b13-7-. The maximum atomic E-state index is 6.03. The molecule has 1 N–H and O–H groups in total. The van der Waals surface area contributed by atoms with Crippen LogP contribution >= 0.6 is 23.8 Å². The topological polar surface area (TPSA) is 46.0 Å². The summed E-state index contributed by atoms with van der Waals surface area (Å²) in [5.41, 5.74) is 0.847. The minimum atomic E-state index is 0.477. The lowest BCUT2D eigenvalue weighted by Crippen LogP contribution is -1.97. The maximum absolute atomic E-state index is 6.03. The molecule has 2 rings (SSSR count). The van der Waals surface area contributed by atoms with E-state index in [2.05, 4.69) is 15.3 Å². The van der Waals surface area contributed by atoms with Crippen molar-refractivity contribution in [1.29, 1.82) is 0 Å². The first-order chi connectivity index (χ1) is 8.22. The number of hydrogen-bond donors (Lipinski definition) is 1. The largest absolute Gasteiger partial charge is 0.250 e. The molecule has 0 radical (unpaired) electrons. The van der Waals surface area contributed by atoms with Crippen molar-refractivity contribution in [3.05, 3.63) is 45.4 Å². The summed E-state index contributed by atoms with van der Waals surface area (Å²) in [4.78, 5) is 0. The Hall–Kier alpha value is -1.46. The minimum Gasteiger partial charge on any atom is -0.250 e. The molecule has 0 atom stereocenters. The van der Waals surface area contributed by atoms with Gasteiger partial charge in [0.2, 0.25) is 4.77 Å². The number of hydrogen-bond acceptors (Lipinski definition) is 3. The zero-order valence-electron chi connectivity index (χ0n) is 9.22. The number of aromatic amines is 1. The summed E-state index contributed by atoms with van der Waals surface area (Å²) in [5, 5.41) is 11.7. The molecule has 0 amide bonds. The highest BCUT2D eigenvalue weighted by atomic mass is 35.5. The van der Waals surface area contributed by atoms with Crippen molar-refractivity contribution in [3.63, 3.8) is 0 Å². The highest BCUT2D eigenvalue weighted by Crippen LogP contribution is 2.12. The number of benzene rings is 1. The molecule has 1 heterocycles. The van der Waals surface area contributed by atoms with Gasteiger partial charge in [-0.25, -0.2) is 0 Å². The van der Waals surface area contributed by atoms with Crippen LogP contribution in [0.2, 0.25) is 5.02 Å². The highest BCUT2D eigenvalue weighted by molar-refractivity contribution is 7.71. The Labute approximate surface area is 109 Å². The second-order valence-corrected chi connectivity index (χ2v) is 4.17. The van der Waals surface area contributed by atoms with Gasteiger partial charge >= 0.3 is 0 Å². The second kappa shape index (κ2) is 5.25. The number of nitrogens with zero attached hydrogens (tertiary/aromatic N) is 3. The maximum Gasteiger partial charge on any atom is 0.216 e. The van der Waals surface area contributed by atoms with Crippen LogP contribution in [-0.4, -0.2) is 21.1 Å². The van der Waals surface area contributed by atoms with Gasteiger partial charge in [0.15, 0.2) is 5.82 Å². The van der Waals surface area contributed by atoms with Crippen LogP contribution in [0.1, 0.15) is 18.3 Å². The second-order valence-electron chi connectivity index (χ2n) is 3.38. The molecule has 88 valence electrons. The summed E-state index contributed by atoms with van der Waals surface area (Å²) >= 11 is 11.1. The molecule has 1 aromatic heterocycles. The van der Waals surface area contributed by atoms with Crippen LogP contribution < -0.4 is 0 Å². The highest BCUT2D eigenvalue weighted by Gasteiger charge is 2.01. The van der Waals surface area contributed by atoms with E-state index in [4.69, 9.17) is 23.8 Å². The monoisotopic (exact) mass is 266 g/mol. The van der Waals surface area contributed by atoms with Crippen LogP contribution in [0.4, 0.5) is 0 Å². The molecule has 0 aliphatic heterocycles. The predicted octanol–water partition coefficient (Wildman–Crippen LogP) is 3.04. The Balaban J connectivity index is 2.35. The van der Waals surface area contributed by atoms with Gasteiger partial charge in [0, 0.05) is 17.0 Å². The third kappa shape index (κ3) is 2.62. The predicted molar refractivity (Wildman–Crippen MR) is 71.2 cm³/mol. The van der Waals surface area contributed by atoms with E-state index in [0.29, 0.717) is 9.79 Å². The van der Waals surface area contributed by atoms with Crippen molar-refractivity contribution in [2.24, 2.45) is 5.10 Å². The molecule has 0 bridgehead atoms. The van der Waals surface area contributed by atoms with Gasteiger partial charge in [-0.05, 0) is 18.3 Å². The quantitative estimate of drug-likeness (QED) is 0.686. The summed E-state index contributed by atoms with van der Waals surface area (Å²) in [6.07, 6.45) is 2.43. The fraction of sp³-hybridized carbons (Fsp3) is 0.182. The molecule has 0 spiro atoms. The lowest BCUT2D eigenvalue weighted by molar-refractivity contribution is 0.780. The molecule has 1 aromatic carbocycles. The molecule has 0 fully saturated rings. The lowest BCUT2D eigenvalue weighted by Gasteiger charge is -1.98. The average Bonchev–Trinajstić information content (AvgIpc) is 2.69. The Morgan fingerprint density at radius 3 is 3.00 bits per heavy atom. The molecule has 0 saturated heterocycles. The van der Waals surface area contributed by atoms with E-state index in [-0.39, 0.29) is 0 Å². The van der Waals surface area contributed by atoms with Crippen molar-refractivity contribution < 1.29 is 0 Å². The van der Waals surface area contributed by atoms with Gasteiger partial charge in [0.25, 0.3) is 0 Å². The van der Waals surface area contributed by atoms with Crippen molar-refractivity contribution in [2.75, 3.05) is 0 Å². The van der Waals surface area contributed by atoms with E-state index in [1.54, 1.807) is 10.9 Å². The normalized spacial score (nSPS) is 11.2. The molecular formula is C11H11ClN4S. The zero-order valence-corrected chi connectivity index (χ0v) is 10.8. The SMILES string of the molecule is CCc1n[nH]c(=S)n1/N=C\c1ccccc1Cl. The first-order valence-electron chi connectivity index (χ1n) is 5.17. The Kier molecular flexibility index (Phi) is 3.71. The van der Waals surface area contributed by atoms with Crippen LogP contribution in [0.25, 0.3) is 0 Å². The molecule has 0 aliphatic carbocycles. The van der Waals surface area contributed by atoms with Gasteiger partial charge in [-0.3, -0.25) is 5.10 Å². The van der Waals surface area contributed by atoms with E-state index in [1.807, 2.05) is 31.2 Å². The van der Waals surface area contributed by atoms with E-state index < -0.39 is 0 Å². The van der Waals surface area contributed by atoms with Crippen molar-refractivity contribution >= 4 is 30.0 Å². The minimum absolute atomic E-state index is 0.477. The summed E-state index contributed by atoms with van der Waals surface area (Å²) in [6.45, 7) is 1.99. The molecule has 4 nitrogen and oxygen atoms in total. The fourth-order valence-corrected chi connectivity index (χ4v) is 1.75. The third-order valence-corrected chi connectivity index (χ3v) is 2.86. The fourth-order valence-electron chi connectivity index (χ4n) is 1.37. The number of aryl methyl sites for hydroxylation is 1. The number of nitrogens with one attached hydrogen (secondary N) is 1. The number of halogens is 1. The first-order valence-corrected chi connectivity index (χ1v) is 5.96. The van der Waals surface area contributed by atoms with Gasteiger partial charge in [-0.2, -0.15) is 14.9 Å². The number of rotatable bonds is 3. The smallest absolute Gasteiger partial charge is 0.216 e. The average molecular weight is 267 g/mol. The van der Waals surface area contributed by atoms with E-state index in [1.165, 1.54) is 0 Å². The van der Waals surface area contributed by atoms with Gasteiger partial charge in [0.1, 0.15) is 0 Å². The zero-order chi connectivity index (χ0) is 12.3. The molecule has 17 heavy (non-hydrogen) atoms. The van der Waals surface area contributed by atoms with Crippen LogP contribution in [0, 0.1) is 4.77 Å². The van der Waals surface area contributed by atoms with Gasteiger partial charge < -0.3 is 0 Å². The number of H-pyrrole nitrogens is 1. The van der Waals surface area contributed by atoms with E-state index >= 15 is 0 Å². The van der Waals surface area contributed by atoms with E-state index in [0.717, 1.165) is 17.8 Å². The van der Waals surface area contributed by atoms with Gasteiger partial charge in [0.05, 0.1) is 6.21 Å². The van der Waals surface area contributed by atoms with Crippen LogP contribution in [0.5, 0.6) is 0 Å². The Morgan fingerprint density at radius 2 is 2.29 bits per heavy atom. The molecule has 6 heteroatoms. The van der Waals surface area contributed by atoms with Gasteiger partial charge in [-0.15, -0.1) is 0 Å². The Bertz CT molecular complexity index is 600. The van der Waals surface area contributed by atoms with Gasteiger partial charge in [-0.1, -0.05) is 36.7 Å². The van der Waals surface area contributed by atoms with Crippen LogP contribution in [0.3, 0.4) is 0 Å². The van der Waals surface area contributed by atoms with E-state index in [9.17, 15) is 0 Å². The molecule has 0 unspecified atom stereocenters. The summed E-state index contributed by atoms with van der Waals surface area (Å²) in [7, 11) is 0. The molecular weight excluding hydrogens is 256 g/mol. The van der Waals surface area contributed by atoms with Crippen LogP contribution in [-0.2, 0) is 6.42 Å². The summed E-state index contributed by atoms with van der Waals surface area (Å²) in [6, 6.07) is 7.49.